The molecule has 5 fully saturated rings. The Balaban J connectivity index is 1.19. The van der Waals surface area contributed by atoms with E-state index >= 15 is 0 Å². The summed E-state index contributed by atoms with van der Waals surface area (Å²) in [4.78, 5) is 13.4. The zero-order valence-corrected chi connectivity index (χ0v) is 21.4. The van der Waals surface area contributed by atoms with Gasteiger partial charge in [-0.15, -0.1) is 0 Å². The number of aliphatic hydroxyl groups is 1. The van der Waals surface area contributed by atoms with Crippen LogP contribution in [0.15, 0.2) is 12.4 Å². The second kappa shape index (κ2) is 8.70. The minimum absolute atomic E-state index is 0.0703. The highest BCUT2D eigenvalue weighted by Crippen LogP contribution is 2.65. The normalized spacial score (nSPS) is 44.7. The highest BCUT2D eigenvalue weighted by atomic mass is 16.5. The van der Waals surface area contributed by atoms with Crippen molar-refractivity contribution in [1.29, 1.82) is 5.26 Å². The van der Waals surface area contributed by atoms with Crippen LogP contribution in [-0.4, -0.2) is 39.0 Å². The van der Waals surface area contributed by atoms with Gasteiger partial charge in [0.25, 0.3) is 0 Å². The molecule has 1 aromatic rings. The smallest absolute Gasteiger partial charge is 0.157 e. The van der Waals surface area contributed by atoms with Gasteiger partial charge < -0.3 is 9.84 Å². The van der Waals surface area contributed by atoms with Crippen molar-refractivity contribution in [2.45, 2.75) is 96.3 Å². The van der Waals surface area contributed by atoms with Crippen molar-refractivity contribution >= 4 is 5.78 Å². The van der Waals surface area contributed by atoms with Crippen molar-refractivity contribution in [3.05, 3.63) is 18.0 Å². The van der Waals surface area contributed by atoms with E-state index in [0.29, 0.717) is 35.2 Å². The lowest BCUT2D eigenvalue weighted by Gasteiger charge is -2.58. The quantitative estimate of drug-likeness (QED) is 0.636. The van der Waals surface area contributed by atoms with Gasteiger partial charge in [0.15, 0.2) is 5.78 Å². The molecule has 0 aliphatic heterocycles. The maximum Gasteiger partial charge on any atom is 0.157 e. The maximum absolute atomic E-state index is 13.4. The number of carbonyl (C=O) groups is 1. The first-order chi connectivity index (χ1) is 16.8. The minimum atomic E-state index is -0.603. The summed E-state index contributed by atoms with van der Waals surface area (Å²) < 4.78 is 8.23. The number of fused-ring (bicyclic) bond motifs is 5. The molecule has 0 bridgehead atoms. The van der Waals surface area contributed by atoms with Crippen LogP contribution in [0, 0.1) is 58.2 Å². The molecule has 1 N–H and O–H groups in total. The number of rotatable bonds is 6. The number of Topliss-reactive ketones (excluding diaryl/α,β-unsaturated/α-hetero) is 1. The highest BCUT2D eigenvalue weighted by Gasteiger charge is 2.60. The van der Waals surface area contributed by atoms with Crippen LogP contribution in [-0.2, 0) is 16.1 Å². The molecule has 9 atom stereocenters. The molecule has 6 nitrogen and oxygen atoms in total. The van der Waals surface area contributed by atoms with Crippen LogP contribution >= 0.6 is 0 Å². The van der Waals surface area contributed by atoms with E-state index in [1.165, 1.54) is 32.1 Å². The van der Waals surface area contributed by atoms with E-state index in [1.54, 1.807) is 17.1 Å². The molecule has 5 aliphatic rings. The van der Waals surface area contributed by atoms with Crippen molar-refractivity contribution in [2.24, 2.45) is 46.8 Å². The molecule has 0 saturated heterocycles. The summed E-state index contributed by atoms with van der Waals surface area (Å²) in [7, 11) is 0. The second-order valence-corrected chi connectivity index (χ2v) is 13.2. The molecule has 5 saturated carbocycles. The van der Waals surface area contributed by atoms with Crippen molar-refractivity contribution in [2.75, 3.05) is 6.61 Å². The van der Waals surface area contributed by atoms with Crippen LogP contribution < -0.4 is 0 Å². The summed E-state index contributed by atoms with van der Waals surface area (Å²) in [5, 5.41) is 24.4. The Morgan fingerprint density at radius 1 is 1.17 bits per heavy atom. The molecule has 0 amide bonds. The van der Waals surface area contributed by atoms with Gasteiger partial charge in [-0.25, -0.2) is 0 Å². The van der Waals surface area contributed by atoms with E-state index in [9.17, 15) is 9.90 Å². The van der Waals surface area contributed by atoms with E-state index in [4.69, 9.17) is 10.00 Å². The lowest BCUT2D eigenvalue weighted by molar-refractivity contribution is -0.169. The number of nitriles is 1. The van der Waals surface area contributed by atoms with Gasteiger partial charge >= 0.3 is 0 Å². The Bertz CT molecular complexity index is 1010. The molecule has 0 aromatic carbocycles. The molecule has 0 spiro atoms. The summed E-state index contributed by atoms with van der Waals surface area (Å²) in [6, 6.07) is 2.10. The predicted octanol–water partition coefficient (Wildman–Crippen LogP) is 4.75. The summed E-state index contributed by atoms with van der Waals surface area (Å²) in [5.74, 6) is 4.22. The Labute approximate surface area is 209 Å². The lowest BCUT2D eigenvalue weighted by atomic mass is 9.48. The van der Waals surface area contributed by atoms with Gasteiger partial charge in [0.1, 0.15) is 6.07 Å². The van der Waals surface area contributed by atoms with Crippen molar-refractivity contribution in [3.63, 3.8) is 0 Å². The Kier molecular flexibility index (Phi) is 5.88. The first-order valence-electron chi connectivity index (χ1n) is 14.1. The minimum Gasteiger partial charge on any atom is -0.390 e. The fourth-order valence-electron chi connectivity index (χ4n) is 9.21. The molecular formula is C29H41N3O3. The molecule has 35 heavy (non-hydrogen) atoms. The van der Waals surface area contributed by atoms with Gasteiger partial charge in [-0.3, -0.25) is 9.48 Å². The summed E-state index contributed by atoms with van der Waals surface area (Å²) in [5.41, 5.74) is -0.0230. The van der Waals surface area contributed by atoms with Crippen LogP contribution in [0.5, 0.6) is 0 Å². The van der Waals surface area contributed by atoms with Gasteiger partial charge in [-0.2, -0.15) is 10.4 Å². The Hall–Kier alpha value is -1.71. The van der Waals surface area contributed by atoms with E-state index < -0.39 is 5.60 Å². The average molecular weight is 480 g/mol. The third-order valence-corrected chi connectivity index (χ3v) is 10.9. The number of hydrogen-bond acceptors (Lipinski definition) is 5. The van der Waals surface area contributed by atoms with Gasteiger partial charge in [0.2, 0.25) is 0 Å². The van der Waals surface area contributed by atoms with Gasteiger partial charge in [-0.05, 0) is 106 Å². The van der Waals surface area contributed by atoms with Crippen LogP contribution in [0.3, 0.4) is 0 Å². The molecule has 0 radical (unpaired) electrons. The van der Waals surface area contributed by atoms with Gasteiger partial charge in [0, 0.05) is 25.1 Å². The van der Waals surface area contributed by atoms with Crippen molar-refractivity contribution < 1.29 is 14.6 Å². The van der Waals surface area contributed by atoms with E-state index in [0.717, 1.165) is 44.6 Å². The molecule has 1 aromatic heterocycles. The van der Waals surface area contributed by atoms with E-state index in [2.05, 4.69) is 18.1 Å². The molecule has 6 heteroatoms. The van der Waals surface area contributed by atoms with Crippen LogP contribution in [0.25, 0.3) is 0 Å². The molecule has 1 unspecified atom stereocenters. The first-order valence-corrected chi connectivity index (χ1v) is 14.1. The number of hydrogen-bond donors (Lipinski definition) is 1. The predicted molar refractivity (Wildman–Crippen MR) is 131 cm³/mol. The third-order valence-electron chi connectivity index (χ3n) is 10.9. The lowest BCUT2D eigenvalue weighted by Crippen LogP contribution is -2.56. The fourth-order valence-corrected chi connectivity index (χ4v) is 9.21. The molecule has 1 heterocycles. The van der Waals surface area contributed by atoms with Crippen molar-refractivity contribution in [3.8, 4) is 6.07 Å². The SMILES string of the molecule is C[C@@]1(O)CC(OCC2CC2)[C@H]2[C@H](CC[C@@H]3[C@@H]2CC[C@]2(C)[C@@H](C(=O)Cn4cc(C#N)cn4)CC[C@@H]32)C1. The monoisotopic (exact) mass is 479 g/mol. The zero-order chi connectivity index (χ0) is 24.4. The number of carbonyl (C=O) groups excluding carboxylic acids is 1. The summed E-state index contributed by atoms with van der Waals surface area (Å²) in [6.45, 7) is 5.57. The number of ketones is 1. The fraction of sp³-hybridized carbons (Fsp3) is 0.828. The summed E-state index contributed by atoms with van der Waals surface area (Å²) in [6.07, 6.45) is 14.6. The third kappa shape index (κ3) is 4.27. The maximum atomic E-state index is 13.4. The second-order valence-electron chi connectivity index (χ2n) is 13.2. The van der Waals surface area contributed by atoms with Crippen LogP contribution in [0.2, 0.25) is 0 Å². The number of aromatic nitrogens is 2. The van der Waals surface area contributed by atoms with Crippen LogP contribution in [0.1, 0.15) is 83.6 Å². The molecule has 6 rings (SSSR count). The molecular weight excluding hydrogens is 438 g/mol. The largest absolute Gasteiger partial charge is 0.390 e. The van der Waals surface area contributed by atoms with Crippen LogP contribution in [0.4, 0.5) is 0 Å². The standard InChI is InChI=1S/C29H41N3O3/c1-28(34)11-20-5-6-21-22(27(20)26(12-28)35-17-18-3-4-18)9-10-29(2)23(21)7-8-24(29)25(33)16-32-15-19(13-30)14-31-32/h14-15,18,20-24,26-27,34H,3-12,16-17H2,1-2H3/t20-,21-,22+,23+,24-,26?,27+,28+,29+/m1/s1. The number of ether oxygens (including phenoxy) is 1. The topological polar surface area (TPSA) is 88.1 Å². The van der Waals surface area contributed by atoms with Crippen molar-refractivity contribution in [1.82, 2.24) is 9.78 Å². The summed E-state index contributed by atoms with van der Waals surface area (Å²) >= 11 is 0. The highest BCUT2D eigenvalue weighted by molar-refractivity contribution is 5.82. The van der Waals surface area contributed by atoms with Gasteiger partial charge in [-0.1, -0.05) is 6.92 Å². The number of nitrogens with zero attached hydrogens (tertiary/aromatic N) is 3. The van der Waals surface area contributed by atoms with Gasteiger partial charge in [0.05, 0.1) is 30.0 Å². The Morgan fingerprint density at radius 3 is 2.74 bits per heavy atom. The zero-order valence-electron chi connectivity index (χ0n) is 21.4. The molecule has 190 valence electrons. The van der Waals surface area contributed by atoms with E-state index in [-0.39, 0.29) is 29.8 Å². The van der Waals surface area contributed by atoms with E-state index in [1.807, 2.05) is 6.92 Å². The average Bonchev–Trinajstić information content (AvgIpc) is 3.42. The molecule has 5 aliphatic carbocycles. The first kappa shape index (κ1) is 23.7. The Morgan fingerprint density at radius 2 is 2.00 bits per heavy atom.